The van der Waals surface area contributed by atoms with Gasteiger partial charge in [0.05, 0.1) is 6.10 Å². The Balaban J connectivity index is 1.88. The molecule has 2 aliphatic rings. The molecule has 0 amide bonds. The number of hydrogen-bond acceptors (Lipinski definition) is 2. The Morgan fingerprint density at radius 3 is 2.50 bits per heavy atom. The maximum absolute atomic E-state index is 10.5. The van der Waals surface area contributed by atoms with Crippen molar-refractivity contribution >= 4 is 0 Å². The molecule has 18 heavy (non-hydrogen) atoms. The van der Waals surface area contributed by atoms with Crippen molar-refractivity contribution in [1.82, 2.24) is 4.90 Å². The fourth-order valence-corrected chi connectivity index (χ4v) is 3.53. The fraction of sp³-hybridized carbons (Fsp3) is 1.00. The van der Waals surface area contributed by atoms with Gasteiger partial charge in [0.1, 0.15) is 0 Å². The summed E-state index contributed by atoms with van der Waals surface area (Å²) in [5, 5.41) is 10.5. The highest BCUT2D eigenvalue weighted by molar-refractivity contribution is 4.90. The van der Waals surface area contributed by atoms with Crippen LogP contribution in [0.25, 0.3) is 0 Å². The van der Waals surface area contributed by atoms with E-state index >= 15 is 0 Å². The minimum absolute atomic E-state index is 0.107. The zero-order valence-corrected chi connectivity index (χ0v) is 12.5. The second-order valence-corrected chi connectivity index (χ2v) is 7.29. The third-order valence-electron chi connectivity index (χ3n) is 4.89. The van der Waals surface area contributed by atoms with Crippen LogP contribution < -0.4 is 0 Å². The quantitative estimate of drug-likeness (QED) is 0.785. The molecule has 106 valence electrons. The topological polar surface area (TPSA) is 23.5 Å². The fourth-order valence-electron chi connectivity index (χ4n) is 3.53. The zero-order valence-electron chi connectivity index (χ0n) is 12.5. The van der Waals surface area contributed by atoms with Gasteiger partial charge < -0.3 is 10.0 Å². The SMILES string of the molecule is CCCN(CC1CC1)CC1CCCC(C)(C)C1O. The first kappa shape index (κ1) is 14.3. The Kier molecular flexibility index (Phi) is 4.71. The molecular formula is C16H31NO. The third-order valence-corrected chi connectivity index (χ3v) is 4.89. The van der Waals surface area contributed by atoms with Gasteiger partial charge in [-0.2, -0.15) is 0 Å². The molecule has 0 aliphatic heterocycles. The molecule has 2 atom stereocenters. The summed E-state index contributed by atoms with van der Waals surface area (Å²) in [4.78, 5) is 2.62. The van der Waals surface area contributed by atoms with Crippen LogP contribution in [0.5, 0.6) is 0 Å². The molecule has 0 bridgehead atoms. The number of rotatable bonds is 6. The Hall–Kier alpha value is -0.0800. The first-order chi connectivity index (χ1) is 8.53. The van der Waals surface area contributed by atoms with Crippen molar-refractivity contribution in [2.45, 2.75) is 65.4 Å². The molecule has 2 saturated carbocycles. The smallest absolute Gasteiger partial charge is 0.0631 e. The van der Waals surface area contributed by atoms with Crippen LogP contribution in [0.15, 0.2) is 0 Å². The molecule has 0 aromatic heterocycles. The van der Waals surface area contributed by atoms with E-state index in [9.17, 15) is 5.11 Å². The van der Waals surface area contributed by atoms with Gasteiger partial charge in [0.25, 0.3) is 0 Å². The zero-order chi connectivity index (χ0) is 13.2. The molecule has 2 rings (SSSR count). The first-order valence-electron chi connectivity index (χ1n) is 7.93. The van der Waals surface area contributed by atoms with Crippen molar-refractivity contribution in [3.63, 3.8) is 0 Å². The maximum atomic E-state index is 10.5. The number of aliphatic hydroxyl groups excluding tert-OH is 1. The van der Waals surface area contributed by atoms with Gasteiger partial charge in [-0.15, -0.1) is 0 Å². The van der Waals surface area contributed by atoms with E-state index in [4.69, 9.17) is 0 Å². The summed E-state index contributed by atoms with van der Waals surface area (Å²) < 4.78 is 0. The lowest BCUT2D eigenvalue weighted by molar-refractivity contribution is -0.0433. The molecule has 0 saturated heterocycles. The minimum atomic E-state index is -0.107. The van der Waals surface area contributed by atoms with Gasteiger partial charge in [-0.1, -0.05) is 27.2 Å². The van der Waals surface area contributed by atoms with Crippen molar-refractivity contribution in [2.24, 2.45) is 17.3 Å². The first-order valence-corrected chi connectivity index (χ1v) is 7.93. The third kappa shape index (κ3) is 3.71. The van der Waals surface area contributed by atoms with Crippen LogP contribution in [0, 0.1) is 17.3 Å². The maximum Gasteiger partial charge on any atom is 0.0631 e. The van der Waals surface area contributed by atoms with Crippen LogP contribution >= 0.6 is 0 Å². The predicted molar refractivity (Wildman–Crippen MR) is 76.6 cm³/mol. The van der Waals surface area contributed by atoms with Crippen LogP contribution in [0.3, 0.4) is 0 Å². The van der Waals surface area contributed by atoms with Gasteiger partial charge in [-0.25, -0.2) is 0 Å². The van der Waals surface area contributed by atoms with E-state index in [-0.39, 0.29) is 11.5 Å². The molecule has 2 aliphatic carbocycles. The summed E-state index contributed by atoms with van der Waals surface area (Å²) in [6.07, 6.45) is 7.68. The molecule has 0 radical (unpaired) electrons. The van der Waals surface area contributed by atoms with Crippen molar-refractivity contribution < 1.29 is 5.11 Å². The van der Waals surface area contributed by atoms with Crippen LogP contribution in [0.2, 0.25) is 0 Å². The minimum Gasteiger partial charge on any atom is -0.392 e. The van der Waals surface area contributed by atoms with Crippen LogP contribution in [0.4, 0.5) is 0 Å². The van der Waals surface area contributed by atoms with Gasteiger partial charge in [-0.3, -0.25) is 0 Å². The summed E-state index contributed by atoms with van der Waals surface area (Å²) in [5.41, 5.74) is 0.125. The summed E-state index contributed by atoms with van der Waals surface area (Å²) in [6, 6.07) is 0. The summed E-state index contributed by atoms with van der Waals surface area (Å²) in [7, 11) is 0. The Bertz CT molecular complexity index is 260. The standard InChI is InChI=1S/C16H31NO/c1-4-10-17(11-13-7-8-13)12-14-6-5-9-16(2,3)15(14)18/h13-15,18H,4-12H2,1-3H3. The normalized spacial score (nSPS) is 31.8. The monoisotopic (exact) mass is 253 g/mol. The van der Waals surface area contributed by atoms with E-state index in [1.54, 1.807) is 0 Å². The lowest BCUT2D eigenvalue weighted by atomic mass is 9.69. The molecule has 1 N–H and O–H groups in total. The molecule has 2 unspecified atom stereocenters. The Labute approximate surface area is 113 Å². The van der Waals surface area contributed by atoms with Crippen LogP contribution in [0.1, 0.15) is 59.3 Å². The largest absolute Gasteiger partial charge is 0.392 e. The van der Waals surface area contributed by atoms with Gasteiger partial charge >= 0.3 is 0 Å². The van der Waals surface area contributed by atoms with Crippen molar-refractivity contribution in [3.8, 4) is 0 Å². The van der Waals surface area contributed by atoms with Gasteiger partial charge in [0.2, 0.25) is 0 Å². The molecule has 2 fully saturated rings. The summed E-state index contributed by atoms with van der Waals surface area (Å²) in [5.74, 6) is 1.46. The van der Waals surface area contributed by atoms with E-state index in [1.165, 1.54) is 51.6 Å². The highest BCUT2D eigenvalue weighted by Crippen LogP contribution is 2.39. The van der Waals surface area contributed by atoms with E-state index < -0.39 is 0 Å². The van der Waals surface area contributed by atoms with E-state index in [0.717, 1.165) is 12.5 Å². The number of hydrogen-bond donors (Lipinski definition) is 1. The summed E-state index contributed by atoms with van der Waals surface area (Å²) in [6.45, 7) is 10.3. The highest BCUT2D eigenvalue weighted by atomic mass is 16.3. The van der Waals surface area contributed by atoms with Crippen molar-refractivity contribution in [3.05, 3.63) is 0 Å². The summed E-state index contributed by atoms with van der Waals surface area (Å²) >= 11 is 0. The van der Waals surface area contributed by atoms with E-state index in [2.05, 4.69) is 25.7 Å². The van der Waals surface area contributed by atoms with Crippen molar-refractivity contribution in [2.75, 3.05) is 19.6 Å². The predicted octanol–water partition coefficient (Wildman–Crippen LogP) is 3.30. The molecule has 0 spiro atoms. The second-order valence-electron chi connectivity index (χ2n) is 7.29. The lowest BCUT2D eigenvalue weighted by Crippen LogP contribution is -2.45. The van der Waals surface area contributed by atoms with E-state index in [1.807, 2.05) is 0 Å². The lowest BCUT2D eigenvalue weighted by Gasteiger charge is -2.42. The molecule has 2 nitrogen and oxygen atoms in total. The van der Waals surface area contributed by atoms with Gasteiger partial charge in [0.15, 0.2) is 0 Å². The van der Waals surface area contributed by atoms with Gasteiger partial charge in [-0.05, 0) is 55.9 Å². The average molecular weight is 253 g/mol. The van der Waals surface area contributed by atoms with Gasteiger partial charge in [0, 0.05) is 13.1 Å². The Morgan fingerprint density at radius 1 is 1.17 bits per heavy atom. The van der Waals surface area contributed by atoms with Crippen molar-refractivity contribution in [1.29, 1.82) is 0 Å². The van der Waals surface area contributed by atoms with Crippen LogP contribution in [-0.2, 0) is 0 Å². The molecule has 2 heteroatoms. The molecule has 0 aromatic carbocycles. The molecular weight excluding hydrogens is 222 g/mol. The average Bonchev–Trinajstić information content (AvgIpc) is 3.09. The van der Waals surface area contributed by atoms with Crippen LogP contribution in [-0.4, -0.2) is 35.7 Å². The Morgan fingerprint density at radius 2 is 1.89 bits per heavy atom. The molecule has 0 heterocycles. The van der Waals surface area contributed by atoms with E-state index in [0.29, 0.717) is 5.92 Å². The number of aliphatic hydroxyl groups is 1. The second kappa shape index (κ2) is 5.92. The molecule has 0 aromatic rings. The highest BCUT2D eigenvalue weighted by Gasteiger charge is 2.38. The number of nitrogens with zero attached hydrogens (tertiary/aromatic N) is 1.